The summed E-state index contributed by atoms with van der Waals surface area (Å²) in [6, 6.07) is 25.6. The van der Waals surface area contributed by atoms with Gasteiger partial charge in [-0.15, -0.1) is 0 Å². The van der Waals surface area contributed by atoms with Crippen molar-refractivity contribution in [3.8, 4) is 28.4 Å². The van der Waals surface area contributed by atoms with E-state index in [1.54, 1.807) is 12.1 Å². The maximum absolute atomic E-state index is 11.4. The molecule has 0 atom stereocenters. The lowest BCUT2D eigenvalue weighted by molar-refractivity contribution is 0.0693. The summed E-state index contributed by atoms with van der Waals surface area (Å²) in [5.41, 5.74) is 5.16. The van der Waals surface area contributed by atoms with Crippen LogP contribution in [-0.4, -0.2) is 37.2 Å². The van der Waals surface area contributed by atoms with Crippen LogP contribution in [0.3, 0.4) is 0 Å². The van der Waals surface area contributed by atoms with Gasteiger partial charge in [0.15, 0.2) is 0 Å². The number of carbonyl (C=O) groups is 1. The lowest BCUT2D eigenvalue weighted by atomic mass is 10.1. The molecule has 6 nitrogen and oxygen atoms in total. The van der Waals surface area contributed by atoms with Crippen molar-refractivity contribution in [2.75, 3.05) is 6.54 Å². The predicted molar refractivity (Wildman–Crippen MR) is 152 cm³/mol. The maximum Gasteiger partial charge on any atom is 0.339 e. The van der Waals surface area contributed by atoms with Gasteiger partial charge in [0.2, 0.25) is 0 Å². The SMILES string of the molecule is CCCCN(Cc1ccc(C(=O)O)c(O)c1)Cc1c(-c2ccccc2)nc(-c2ccccc2)n1CCCC. The topological polar surface area (TPSA) is 78.6 Å². The molecule has 4 rings (SSSR count). The Balaban J connectivity index is 1.77. The summed E-state index contributed by atoms with van der Waals surface area (Å²) in [4.78, 5) is 19.0. The fourth-order valence-corrected chi connectivity index (χ4v) is 4.76. The molecule has 1 heterocycles. The van der Waals surface area contributed by atoms with Gasteiger partial charge in [-0.1, -0.05) is 93.4 Å². The molecular weight excluding hydrogens is 474 g/mol. The van der Waals surface area contributed by atoms with Crippen LogP contribution in [0.15, 0.2) is 78.9 Å². The Hall–Kier alpha value is -3.90. The van der Waals surface area contributed by atoms with E-state index < -0.39 is 5.97 Å². The Morgan fingerprint density at radius 3 is 2.13 bits per heavy atom. The predicted octanol–water partition coefficient (Wildman–Crippen LogP) is 7.22. The summed E-state index contributed by atoms with van der Waals surface area (Å²) in [6.45, 7) is 7.44. The molecule has 0 saturated heterocycles. The molecule has 198 valence electrons. The number of benzene rings is 3. The molecule has 0 fully saturated rings. The van der Waals surface area contributed by atoms with E-state index in [1.165, 1.54) is 11.8 Å². The molecule has 0 aliphatic rings. The average Bonchev–Trinajstić information content (AvgIpc) is 3.29. The van der Waals surface area contributed by atoms with Crippen LogP contribution in [0, 0.1) is 0 Å². The first-order chi connectivity index (χ1) is 18.5. The fourth-order valence-electron chi connectivity index (χ4n) is 4.76. The zero-order valence-corrected chi connectivity index (χ0v) is 22.3. The number of hydrogen-bond acceptors (Lipinski definition) is 4. The van der Waals surface area contributed by atoms with Crippen molar-refractivity contribution in [3.05, 3.63) is 95.7 Å². The number of aromatic carboxylic acids is 1. The van der Waals surface area contributed by atoms with Gasteiger partial charge in [-0.05, 0) is 37.1 Å². The number of imidazole rings is 1. The van der Waals surface area contributed by atoms with Crippen molar-refractivity contribution in [2.45, 2.75) is 59.2 Å². The fraction of sp³-hybridized carbons (Fsp3) is 0.312. The molecule has 4 aromatic rings. The second-order valence-electron chi connectivity index (χ2n) is 9.69. The van der Waals surface area contributed by atoms with Crippen LogP contribution in [0.4, 0.5) is 0 Å². The van der Waals surface area contributed by atoms with Gasteiger partial charge in [0.1, 0.15) is 17.1 Å². The van der Waals surface area contributed by atoms with E-state index >= 15 is 0 Å². The minimum Gasteiger partial charge on any atom is -0.507 e. The van der Waals surface area contributed by atoms with Crippen molar-refractivity contribution < 1.29 is 15.0 Å². The van der Waals surface area contributed by atoms with E-state index in [9.17, 15) is 15.0 Å². The number of rotatable bonds is 13. The normalized spacial score (nSPS) is 11.2. The van der Waals surface area contributed by atoms with Gasteiger partial charge in [0.05, 0.1) is 11.4 Å². The lowest BCUT2D eigenvalue weighted by Gasteiger charge is -2.24. The summed E-state index contributed by atoms with van der Waals surface area (Å²) in [7, 11) is 0. The first kappa shape index (κ1) is 27.1. The lowest BCUT2D eigenvalue weighted by Crippen LogP contribution is -2.26. The Kier molecular flexibility index (Phi) is 9.33. The quantitative estimate of drug-likeness (QED) is 0.198. The second kappa shape index (κ2) is 13.1. The molecule has 2 N–H and O–H groups in total. The van der Waals surface area contributed by atoms with E-state index in [4.69, 9.17) is 4.98 Å². The van der Waals surface area contributed by atoms with Crippen molar-refractivity contribution >= 4 is 5.97 Å². The number of aromatic hydroxyl groups is 1. The molecule has 0 radical (unpaired) electrons. The molecule has 0 saturated carbocycles. The highest BCUT2D eigenvalue weighted by Crippen LogP contribution is 2.31. The molecule has 0 aliphatic carbocycles. The zero-order chi connectivity index (χ0) is 26.9. The summed E-state index contributed by atoms with van der Waals surface area (Å²) < 4.78 is 2.38. The summed E-state index contributed by atoms with van der Waals surface area (Å²) >= 11 is 0. The smallest absolute Gasteiger partial charge is 0.339 e. The van der Waals surface area contributed by atoms with Crippen molar-refractivity contribution in [2.24, 2.45) is 0 Å². The van der Waals surface area contributed by atoms with Crippen LogP contribution < -0.4 is 0 Å². The Morgan fingerprint density at radius 2 is 1.53 bits per heavy atom. The number of hydrogen-bond donors (Lipinski definition) is 2. The molecule has 0 bridgehead atoms. The number of phenols is 1. The molecule has 0 unspecified atom stereocenters. The Morgan fingerprint density at radius 1 is 0.868 bits per heavy atom. The molecule has 0 amide bonds. The van der Waals surface area contributed by atoms with Gasteiger partial charge in [-0.25, -0.2) is 9.78 Å². The van der Waals surface area contributed by atoms with Crippen LogP contribution in [0.2, 0.25) is 0 Å². The van der Waals surface area contributed by atoms with Gasteiger partial charge in [-0.3, -0.25) is 4.90 Å². The van der Waals surface area contributed by atoms with Crippen LogP contribution in [0.1, 0.15) is 61.1 Å². The number of carboxylic acid groups (broad SMARTS) is 1. The van der Waals surface area contributed by atoms with Crippen LogP contribution in [0.5, 0.6) is 5.75 Å². The van der Waals surface area contributed by atoms with E-state index in [0.717, 1.165) is 67.0 Å². The van der Waals surface area contributed by atoms with Crippen molar-refractivity contribution in [3.63, 3.8) is 0 Å². The van der Waals surface area contributed by atoms with E-state index in [1.807, 2.05) is 24.3 Å². The number of unbranched alkanes of at least 4 members (excludes halogenated alkanes) is 2. The molecular formula is C32H37N3O3. The molecule has 6 heteroatoms. The van der Waals surface area contributed by atoms with Crippen LogP contribution >= 0.6 is 0 Å². The Bertz CT molecular complexity index is 1330. The summed E-state index contributed by atoms with van der Waals surface area (Å²) in [6.07, 6.45) is 4.24. The van der Waals surface area contributed by atoms with Gasteiger partial charge < -0.3 is 14.8 Å². The molecule has 1 aromatic heterocycles. The van der Waals surface area contributed by atoms with Crippen LogP contribution in [0.25, 0.3) is 22.6 Å². The van der Waals surface area contributed by atoms with E-state index in [2.05, 4.69) is 59.7 Å². The standard InChI is InChI=1S/C32H37N3O3/c1-3-5-19-34(22-24-17-18-27(32(37)38)29(36)21-24)23-28-30(25-13-9-7-10-14-25)33-31(35(28)20-6-4-2)26-15-11-8-12-16-26/h7-18,21,36H,3-6,19-20,22-23H2,1-2H3,(H,37,38). The monoisotopic (exact) mass is 511 g/mol. The van der Waals surface area contributed by atoms with Gasteiger partial charge >= 0.3 is 5.97 Å². The van der Waals surface area contributed by atoms with Gasteiger partial charge in [0, 0.05) is 30.8 Å². The van der Waals surface area contributed by atoms with E-state index in [-0.39, 0.29) is 11.3 Å². The molecule has 0 aliphatic heterocycles. The first-order valence-corrected chi connectivity index (χ1v) is 13.5. The minimum absolute atomic E-state index is 0.0784. The third kappa shape index (κ3) is 6.50. The first-order valence-electron chi connectivity index (χ1n) is 13.5. The second-order valence-corrected chi connectivity index (χ2v) is 9.69. The zero-order valence-electron chi connectivity index (χ0n) is 22.3. The Labute approximate surface area is 225 Å². The summed E-state index contributed by atoms with van der Waals surface area (Å²) in [5.74, 6) is -0.348. The van der Waals surface area contributed by atoms with Gasteiger partial charge in [-0.2, -0.15) is 0 Å². The number of nitrogens with zero attached hydrogens (tertiary/aromatic N) is 3. The third-order valence-electron chi connectivity index (χ3n) is 6.79. The highest BCUT2D eigenvalue weighted by Gasteiger charge is 2.22. The van der Waals surface area contributed by atoms with Gasteiger partial charge in [0.25, 0.3) is 0 Å². The number of carboxylic acids is 1. The third-order valence-corrected chi connectivity index (χ3v) is 6.79. The average molecular weight is 512 g/mol. The molecule has 0 spiro atoms. The number of aromatic nitrogens is 2. The largest absolute Gasteiger partial charge is 0.507 e. The highest BCUT2D eigenvalue weighted by atomic mass is 16.4. The molecule has 38 heavy (non-hydrogen) atoms. The van der Waals surface area contributed by atoms with Crippen LogP contribution in [-0.2, 0) is 19.6 Å². The molecule has 3 aromatic carbocycles. The highest BCUT2D eigenvalue weighted by molar-refractivity contribution is 5.90. The van der Waals surface area contributed by atoms with Crippen molar-refractivity contribution in [1.82, 2.24) is 14.5 Å². The summed E-state index contributed by atoms with van der Waals surface area (Å²) in [5, 5.41) is 19.6. The van der Waals surface area contributed by atoms with Crippen molar-refractivity contribution in [1.29, 1.82) is 0 Å². The van der Waals surface area contributed by atoms with E-state index in [0.29, 0.717) is 13.1 Å². The maximum atomic E-state index is 11.4. The minimum atomic E-state index is -1.13.